The van der Waals surface area contributed by atoms with Crippen LogP contribution in [0.3, 0.4) is 0 Å². The zero-order valence-electron chi connectivity index (χ0n) is 10.5. The van der Waals surface area contributed by atoms with Crippen LogP contribution in [-0.2, 0) is 0 Å². The SMILES string of the molecule is CCN(CC)C(=O)N1C(C)CCCC1C. The van der Waals surface area contributed by atoms with Crippen LogP contribution in [0.4, 0.5) is 4.79 Å². The number of piperidine rings is 1. The molecule has 15 heavy (non-hydrogen) atoms. The normalized spacial score (nSPS) is 26.5. The second-order valence-electron chi connectivity index (χ2n) is 4.49. The Morgan fingerprint density at radius 1 is 1.20 bits per heavy atom. The molecule has 2 atom stereocenters. The van der Waals surface area contributed by atoms with E-state index in [1.54, 1.807) is 0 Å². The van der Waals surface area contributed by atoms with E-state index in [2.05, 4.69) is 18.7 Å². The van der Waals surface area contributed by atoms with E-state index in [0.29, 0.717) is 12.1 Å². The van der Waals surface area contributed by atoms with E-state index in [1.165, 1.54) is 6.42 Å². The van der Waals surface area contributed by atoms with E-state index >= 15 is 0 Å². The van der Waals surface area contributed by atoms with Crippen LogP contribution in [0.25, 0.3) is 0 Å². The minimum absolute atomic E-state index is 0.222. The molecule has 1 aliphatic rings. The predicted molar refractivity (Wildman–Crippen MR) is 62.9 cm³/mol. The molecule has 1 heterocycles. The number of carbonyl (C=O) groups excluding carboxylic acids is 1. The summed E-state index contributed by atoms with van der Waals surface area (Å²) in [5, 5.41) is 0. The third kappa shape index (κ3) is 2.64. The van der Waals surface area contributed by atoms with E-state index in [-0.39, 0.29) is 6.03 Å². The summed E-state index contributed by atoms with van der Waals surface area (Å²) in [4.78, 5) is 16.2. The first-order valence-corrected chi connectivity index (χ1v) is 6.19. The lowest BCUT2D eigenvalue weighted by molar-refractivity contribution is 0.0949. The molecule has 0 bridgehead atoms. The van der Waals surface area contributed by atoms with E-state index < -0.39 is 0 Å². The van der Waals surface area contributed by atoms with E-state index in [1.807, 2.05) is 18.7 Å². The highest BCUT2D eigenvalue weighted by molar-refractivity contribution is 5.75. The topological polar surface area (TPSA) is 23.6 Å². The lowest BCUT2D eigenvalue weighted by Gasteiger charge is -2.41. The van der Waals surface area contributed by atoms with Gasteiger partial charge >= 0.3 is 6.03 Å². The number of rotatable bonds is 2. The molecule has 1 rings (SSSR count). The van der Waals surface area contributed by atoms with Gasteiger partial charge in [-0.1, -0.05) is 0 Å². The van der Waals surface area contributed by atoms with Gasteiger partial charge in [0.05, 0.1) is 0 Å². The molecule has 0 radical (unpaired) electrons. The van der Waals surface area contributed by atoms with Gasteiger partial charge < -0.3 is 9.80 Å². The first-order valence-electron chi connectivity index (χ1n) is 6.19. The molecule has 1 fully saturated rings. The maximum absolute atomic E-state index is 12.2. The highest BCUT2D eigenvalue weighted by Crippen LogP contribution is 2.23. The van der Waals surface area contributed by atoms with Crippen LogP contribution < -0.4 is 0 Å². The van der Waals surface area contributed by atoms with Gasteiger partial charge in [-0.3, -0.25) is 0 Å². The van der Waals surface area contributed by atoms with Crippen LogP contribution in [0.1, 0.15) is 47.0 Å². The summed E-state index contributed by atoms with van der Waals surface area (Å²) in [6.07, 6.45) is 3.55. The van der Waals surface area contributed by atoms with Crippen LogP contribution in [0.2, 0.25) is 0 Å². The Kier molecular flexibility index (Phi) is 4.43. The van der Waals surface area contributed by atoms with Gasteiger partial charge in [-0.25, -0.2) is 4.79 Å². The van der Waals surface area contributed by atoms with Crippen molar-refractivity contribution in [3.63, 3.8) is 0 Å². The zero-order chi connectivity index (χ0) is 11.4. The highest BCUT2D eigenvalue weighted by atomic mass is 16.2. The maximum atomic E-state index is 12.2. The molecular weight excluding hydrogens is 188 g/mol. The number of hydrogen-bond donors (Lipinski definition) is 0. The third-order valence-corrected chi connectivity index (χ3v) is 3.45. The molecule has 2 amide bonds. The molecule has 0 N–H and O–H groups in total. The summed E-state index contributed by atoms with van der Waals surface area (Å²) >= 11 is 0. The summed E-state index contributed by atoms with van der Waals surface area (Å²) in [7, 11) is 0. The van der Waals surface area contributed by atoms with Gasteiger partial charge in [0.15, 0.2) is 0 Å². The predicted octanol–water partition coefficient (Wildman–Crippen LogP) is 2.71. The molecule has 88 valence electrons. The second kappa shape index (κ2) is 5.38. The smallest absolute Gasteiger partial charge is 0.320 e. The van der Waals surface area contributed by atoms with Crippen LogP contribution in [0.5, 0.6) is 0 Å². The minimum atomic E-state index is 0.222. The van der Waals surface area contributed by atoms with Crippen molar-refractivity contribution < 1.29 is 4.79 Å². The van der Waals surface area contributed by atoms with Crippen molar-refractivity contribution in [3.8, 4) is 0 Å². The molecule has 0 aliphatic carbocycles. The van der Waals surface area contributed by atoms with Crippen LogP contribution in [0.15, 0.2) is 0 Å². The Labute approximate surface area is 93.4 Å². The third-order valence-electron chi connectivity index (χ3n) is 3.45. The zero-order valence-corrected chi connectivity index (χ0v) is 10.5. The quantitative estimate of drug-likeness (QED) is 0.690. The fourth-order valence-electron chi connectivity index (χ4n) is 2.46. The largest absolute Gasteiger partial charge is 0.325 e. The van der Waals surface area contributed by atoms with Gasteiger partial charge in [0.2, 0.25) is 0 Å². The number of nitrogens with zero attached hydrogens (tertiary/aromatic N) is 2. The summed E-state index contributed by atoms with van der Waals surface area (Å²) < 4.78 is 0. The van der Waals surface area contributed by atoms with Crippen molar-refractivity contribution in [2.75, 3.05) is 13.1 Å². The van der Waals surface area contributed by atoms with Crippen LogP contribution in [-0.4, -0.2) is 41.0 Å². The molecule has 3 nitrogen and oxygen atoms in total. The number of hydrogen-bond acceptors (Lipinski definition) is 1. The fourth-order valence-corrected chi connectivity index (χ4v) is 2.46. The van der Waals surface area contributed by atoms with E-state index in [0.717, 1.165) is 25.9 Å². The molecule has 2 unspecified atom stereocenters. The summed E-state index contributed by atoms with van der Waals surface area (Å²) in [6, 6.07) is 1.03. The number of carbonyl (C=O) groups is 1. The second-order valence-corrected chi connectivity index (χ2v) is 4.49. The molecule has 3 heteroatoms. The van der Waals surface area contributed by atoms with E-state index in [4.69, 9.17) is 0 Å². The minimum Gasteiger partial charge on any atom is -0.325 e. The van der Waals surface area contributed by atoms with Gasteiger partial charge in [-0.05, 0) is 47.0 Å². The molecule has 0 spiro atoms. The average Bonchev–Trinajstić information content (AvgIpc) is 2.19. The van der Waals surface area contributed by atoms with E-state index in [9.17, 15) is 4.79 Å². The number of amides is 2. The van der Waals surface area contributed by atoms with Crippen molar-refractivity contribution >= 4 is 6.03 Å². The Hall–Kier alpha value is -0.730. The lowest BCUT2D eigenvalue weighted by atomic mass is 9.98. The average molecular weight is 212 g/mol. The van der Waals surface area contributed by atoms with Crippen molar-refractivity contribution in [1.82, 2.24) is 9.80 Å². The molecule has 0 saturated carbocycles. The van der Waals surface area contributed by atoms with Crippen molar-refractivity contribution in [2.45, 2.75) is 59.0 Å². The number of urea groups is 1. The van der Waals surface area contributed by atoms with Gasteiger partial charge in [0.25, 0.3) is 0 Å². The fraction of sp³-hybridized carbons (Fsp3) is 0.917. The van der Waals surface area contributed by atoms with Gasteiger partial charge in [-0.2, -0.15) is 0 Å². The van der Waals surface area contributed by atoms with Crippen molar-refractivity contribution in [2.24, 2.45) is 0 Å². The lowest BCUT2D eigenvalue weighted by Crippen LogP contribution is -2.53. The molecule has 0 aromatic carbocycles. The Balaban J connectivity index is 2.70. The molecule has 0 aromatic heterocycles. The highest BCUT2D eigenvalue weighted by Gasteiger charge is 2.30. The van der Waals surface area contributed by atoms with Crippen molar-refractivity contribution in [3.05, 3.63) is 0 Å². The number of likely N-dealkylation sites (tertiary alicyclic amines) is 1. The summed E-state index contributed by atoms with van der Waals surface area (Å²) in [5.41, 5.74) is 0. The van der Waals surface area contributed by atoms with Crippen LogP contribution in [0, 0.1) is 0 Å². The molecular formula is C12H24N2O. The first kappa shape index (κ1) is 12.3. The summed E-state index contributed by atoms with van der Waals surface area (Å²) in [5.74, 6) is 0. The molecule has 0 aromatic rings. The maximum Gasteiger partial charge on any atom is 0.320 e. The molecule has 1 aliphatic heterocycles. The standard InChI is InChI=1S/C12H24N2O/c1-5-13(6-2)12(15)14-10(3)8-7-9-11(14)4/h10-11H,5-9H2,1-4H3. The Bertz CT molecular complexity index is 204. The Morgan fingerprint density at radius 2 is 1.67 bits per heavy atom. The van der Waals surface area contributed by atoms with Gasteiger partial charge in [-0.15, -0.1) is 0 Å². The Morgan fingerprint density at radius 3 is 2.07 bits per heavy atom. The van der Waals surface area contributed by atoms with Crippen molar-refractivity contribution in [1.29, 1.82) is 0 Å². The molecule has 1 saturated heterocycles. The van der Waals surface area contributed by atoms with Gasteiger partial charge in [0.1, 0.15) is 0 Å². The van der Waals surface area contributed by atoms with Crippen LogP contribution >= 0.6 is 0 Å². The summed E-state index contributed by atoms with van der Waals surface area (Å²) in [6.45, 7) is 10.0. The monoisotopic (exact) mass is 212 g/mol. The van der Waals surface area contributed by atoms with Gasteiger partial charge in [0, 0.05) is 25.2 Å². The first-order chi connectivity index (χ1) is 7.11.